The molecule has 1 unspecified atom stereocenters. The van der Waals surface area contributed by atoms with Crippen molar-refractivity contribution in [2.75, 3.05) is 19.8 Å². The van der Waals surface area contributed by atoms with Crippen molar-refractivity contribution in [2.24, 2.45) is 0 Å². The number of urea groups is 1. The Kier molecular flexibility index (Phi) is 5.37. The molecule has 0 radical (unpaired) electrons. The Hall–Kier alpha value is -0.770. The van der Waals surface area contributed by atoms with Gasteiger partial charge in [0.25, 0.3) is 0 Å². The first-order valence-electron chi connectivity index (χ1n) is 5.45. The molecule has 0 saturated carbocycles. The van der Waals surface area contributed by atoms with E-state index in [9.17, 15) is 4.79 Å². The van der Waals surface area contributed by atoms with Gasteiger partial charge in [-0.05, 0) is 25.7 Å². The van der Waals surface area contributed by atoms with Crippen LogP contribution in [0, 0.1) is 0 Å². The molecule has 1 atom stereocenters. The topological polar surface area (TPSA) is 50.4 Å². The second-order valence-electron chi connectivity index (χ2n) is 3.64. The molecule has 0 aliphatic carbocycles. The van der Waals surface area contributed by atoms with Gasteiger partial charge >= 0.3 is 6.03 Å². The molecule has 2 amide bonds. The van der Waals surface area contributed by atoms with Crippen molar-refractivity contribution in [1.29, 1.82) is 0 Å². The standard InChI is InChI=1S/C10H20N2O2/c1-2-6-11-10(13)12-9-4-3-7-14-8-5-9/h9H,2-8H2,1H3,(H2,11,12,13). The average molecular weight is 200 g/mol. The Morgan fingerprint density at radius 2 is 2.29 bits per heavy atom. The summed E-state index contributed by atoms with van der Waals surface area (Å²) in [7, 11) is 0. The molecule has 0 spiro atoms. The largest absolute Gasteiger partial charge is 0.381 e. The first-order valence-corrected chi connectivity index (χ1v) is 5.45. The minimum Gasteiger partial charge on any atom is -0.381 e. The van der Waals surface area contributed by atoms with Crippen molar-refractivity contribution in [2.45, 2.75) is 38.6 Å². The van der Waals surface area contributed by atoms with Crippen molar-refractivity contribution in [3.8, 4) is 0 Å². The molecular weight excluding hydrogens is 180 g/mol. The molecule has 1 aliphatic rings. The van der Waals surface area contributed by atoms with Gasteiger partial charge in [0.15, 0.2) is 0 Å². The first kappa shape index (κ1) is 11.3. The molecular formula is C10H20N2O2. The lowest BCUT2D eigenvalue weighted by Gasteiger charge is -2.15. The van der Waals surface area contributed by atoms with Gasteiger partial charge < -0.3 is 15.4 Å². The highest BCUT2D eigenvalue weighted by Crippen LogP contribution is 2.07. The number of carbonyl (C=O) groups is 1. The summed E-state index contributed by atoms with van der Waals surface area (Å²) < 4.78 is 5.32. The van der Waals surface area contributed by atoms with E-state index in [4.69, 9.17) is 4.74 Å². The molecule has 2 N–H and O–H groups in total. The Morgan fingerprint density at radius 1 is 1.43 bits per heavy atom. The normalized spacial score (nSPS) is 22.5. The highest BCUT2D eigenvalue weighted by molar-refractivity contribution is 5.74. The van der Waals surface area contributed by atoms with Crippen LogP contribution in [0.5, 0.6) is 0 Å². The lowest BCUT2D eigenvalue weighted by atomic mass is 10.1. The molecule has 0 aromatic heterocycles. The highest BCUT2D eigenvalue weighted by atomic mass is 16.5. The zero-order chi connectivity index (χ0) is 10.2. The Balaban J connectivity index is 2.17. The zero-order valence-corrected chi connectivity index (χ0v) is 8.84. The summed E-state index contributed by atoms with van der Waals surface area (Å²) in [4.78, 5) is 11.3. The van der Waals surface area contributed by atoms with Crippen molar-refractivity contribution in [1.82, 2.24) is 10.6 Å². The van der Waals surface area contributed by atoms with Gasteiger partial charge in [-0.15, -0.1) is 0 Å². The second kappa shape index (κ2) is 6.65. The summed E-state index contributed by atoms with van der Waals surface area (Å²) in [5.74, 6) is 0. The van der Waals surface area contributed by atoms with Gasteiger partial charge in [-0.25, -0.2) is 4.79 Å². The summed E-state index contributed by atoms with van der Waals surface area (Å²) in [5, 5.41) is 5.77. The zero-order valence-electron chi connectivity index (χ0n) is 8.84. The molecule has 4 nitrogen and oxygen atoms in total. The van der Waals surface area contributed by atoms with E-state index >= 15 is 0 Å². The number of rotatable bonds is 3. The molecule has 4 heteroatoms. The predicted molar refractivity (Wildman–Crippen MR) is 55.3 cm³/mol. The summed E-state index contributed by atoms with van der Waals surface area (Å²) >= 11 is 0. The summed E-state index contributed by atoms with van der Waals surface area (Å²) in [5.41, 5.74) is 0. The first-order chi connectivity index (χ1) is 6.83. The fourth-order valence-electron chi connectivity index (χ4n) is 1.52. The van der Waals surface area contributed by atoms with Gasteiger partial charge in [0.1, 0.15) is 0 Å². The van der Waals surface area contributed by atoms with Crippen molar-refractivity contribution < 1.29 is 9.53 Å². The summed E-state index contributed by atoms with van der Waals surface area (Å²) in [6.45, 7) is 4.38. The Morgan fingerprint density at radius 3 is 3.07 bits per heavy atom. The monoisotopic (exact) mass is 200 g/mol. The highest BCUT2D eigenvalue weighted by Gasteiger charge is 2.13. The maximum atomic E-state index is 11.3. The number of hydrogen-bond donors (Lipinski definition) is 2. The lowest BCUT2D eigenvalue weighted by molar-refractivity contribution is 0.143. The number of hydrogen-bond acceptors (Lipinski definition) is 2. The third-order valence-corrected chi connectivity index (χ3v) is 2.32. The molecule has 14 heavy (non-hydrogen) atoms. The van der Waals surface area contributed by atoms with E-state index in [0.717, 1.165) is 45.4 Å². The van der Waals surface area contributed by atoms with E-state index < -0.39 is 0 Å². The van der Waals surface area contributed by atoms with Crippen LogP contribution in [0.2, 0.25) is 0 Å². The molecule has 1 aliphatic heterocycles. The van der Waals surface area contributed by atoms with Gasteiger partial charge in [-0.2, -0.15) is 0 Å². The maximum absolute atomic E-state index is 11.3. The molecule has 1 saturated heterocycles. The van der Waals surface area contributed by atoms with Crippen molar-refractivity contribution in [3.63, 3.8) is 0 Å². The second-order valence-corrected chi connectivity index (χ2v) is 3.64. The minimum atomic E-state index is -0.0428. The summed E-state index contributed by atoms with van der Waals surface area (Å²) in [6, 6.07) is 0.244. The molecule has 1 rings (SSSR count). The molecule has 0 aromatic rings. The number of amides is 2. The average Bonchev–Trinajstić information content (AvgIpc) is 2.43. The quantitative estimate of drug-likeness (QED) is 0.720. The lowest BCUT2D eigenvalue weighted by Crippen LogP contribution is -2.42. The smallest absolute Gasteiger partial charge is 0.315 e. The van der Waals surface area contributed by atoms with Crippen LogP contribution in [0.15, 0.2) is 0 Å². The maximum Gasteiger partial charge on any atom is 0.315 e. The van der Waals surface area contributed by atoms with Gasteiger partial charge in [-0.1, -0.05) is 6.92 Å². The van der Waals surface area contributed by atoms with Crippen LogP contribution in [-0.2, 0) is 4.74 Å². The van der Waals surface area contributed by atoms with E-state index in [1.165, 1.54) is 0 Å². The third-order valence-electron chi connectivity index (χ3n) is 2.32. The van der Waals surface area contributed by atoms with E-state index in [1.54, 1.807) is 0 Å². The fraction of sp³-hybridized carbons (Fsp3) is 0.900. The minimum absolute atomic E-state index is 0.0428. The van der Waals surface area contributed by atoms with Crippen molar-refractivity contribution >= 4 is 6.03 Å². The SMILES string of the molecule is CCCNC(=O)NC1CCCOCC1. The number of ether oxygens (including phenoxy) is 1. The van der Waals surface area contributed by atoms with E-state index in [1.807, 2.05) is 6.92 Å². The van der Waals surface area contributed by atoms with Crippen LogP contribution < -0.4 is 10.6 Å². The van der Waals surface area contributed by atoms with Crippen LogP contribution in [0.4, 0.5) is 4.79 Å². The van der Waals surface area contributed by atoms with Gasteiger partial charge in [0, 0.05) is 25.8 Å². The van der Waals surface area contributed by atoms with Crippen LogP contribution >= 0.6 is 0 Å². The van der Waals surface area contributed by atoms with E-state index in [2.05, 4.69) is 10.6 Å². The number of carbonyl (C=O) groups excluding carboxylic acids is 1. The van der Waals surface area contributed by atoms with Gasteiger partial charge in [0.2, 0.25) is 0 Å². The summed E-state index contributed by atoms with van der Waals surface area (Å²) in [6.07, 6.45) is 3.97. The van der Waals surface area contributed by atoms with Crippen molar-refractivity contribution in [3.05, 3.63) is 0 Å². The number of nitrogens with one attached hydrogen (secondary N) is 2. The molecule has 1 heterocycles. The fourth-order valence-corrected chi connectivity index (χ4v) is 1.52. The van der Waals surface area contributed by atoms with Crippen LogP contribution in [0.25, 0.3) is 0 Å². The molecule has 82 valence electrons. The molecule has 0 bridgehead atoms. The van der Waals surface area contributed by atoms with Crippen LogP contribution in [0.1, 0.15) is 32.6 Å². The van der Waals surface area contributed by atoms with Gasteiger partial charge in [0.05, 0.1) is 0 Å². The third kappa shape index (κ3) is 4.46. The Labute approximate surface area is 85.4 Å². The van der Waals surface area contributed by atoms with Crippen LogP contribution in [-0.4, -0.2) is 31.8 Å². The molecule has 0 aromatic carbocycles. The Bertz CT molecular complexity index is 166. The van der Waals surface area contributed by atoms with E-state index in [0.29, 0.717) is 0 Å². The van der Waals surface area contributed by atoms with Gasteiger partial charge in [-0.3, -0.25) is 0 Å². The van der Waals surface area contributed by atoms with E-state index in [-0.39, 0.29) is 12.1 Å². The van der Waals surface area contributed by atoms with Crippen LogP contribution in [0.3, 0.4) is 0 Å². The predicted octanol–water partition coefficient (Wildman–Crippen LogP) is 1.26. The molecule has 1 fully saturated rings.